The van der Waals surface area contributed by atoms with Crippen molar-refractivity contribution in [3.05, 3.63) is 76.9 Å². The Morgan fingerprint density at radius 3 is 2.43 bits per heavy atom. The van der Waals surface area contributed by atoms with Crippen LogP contribution in [0.4, 0.5) is 0 Å². The summed E-state index contributed by atoms with van der Waals surface area (Å²) >= 11 is 0. The summed E-state index contributed by atoms with van der Waals surface area (Å²) in [5.41, 5.74) is 3.21. The van der Waals surface area contributed by atoms with Crippen LogP contribution in [0, 0.1) is 0 Å². The molecule has 0 aromatic heterocycles. The third kappa shape index (κ3) is 3.54. The normalized spacial score (nSPS) is 17.0. The van der Waals surface area contributed by atoms with Crippen molar-refractivity contribution in [2.75, 3.05) is 13.2 Å². The van der Waals surface area contributed by atoms with E-state index in [1.807, 2.05) is 12.1 Å². The van der Waals surface area contributed by atoms with Crippen LogP contribution in [0.15, 0.2) is 54.6 Å². The summed E-state index contributed by atoms with van der Waals surface area (Å²) in [4.78, 5) is 27.7. The molecule has 0 saturated heterocycles. The summed E-state index contributed by atoms with van der Waals surface area (Å²) in [7, 11) is 0. The fourth-order valence-electron chi connectivity index (χ4n) is 3.70. The minimum atomic E-state index is -1.28. The van der Waals surface area contributed by atoms with E-state index in [0.29, 0.717) is 17.7 Å². The van der Waals surface area contributed by atoms with Crippen LogP contribution in [0.3, 0.4) is 0 Å². The van der Waals surface area contributed by atoms with Crippen LogP contribution < -0.4 is 4.74 Å². The number of hydrogen-bond donors (Lipinski definition) is 3. The van der Waals surface area contributed by atoms with E-state index in [-0.39, 0.29) is 17.8 Å². The minimum absolute atomic E-state index is 0.0817. The van der Waals surface area contributed by atoms with E-state index in [4.69, 9.17) is 9.99 Å². The number of carbonyl (C=O) groups is 2. The van der Waals surface area contributed by atoms with Crippen LogP contribution in [0.5, 0.6) is 5.75 Å². The van der Waals surface area contributed by atoms with E-state index >= 15 is 0 Å². The highest BCUT2D eigenvalue weighted by Gasteiger charge is 2.40. The van der Waals surface area contributed by atoms with Crippen molar-refractivity contribution >= 4 is 22.9 Å². The van der Waals surface area contributed by atoms with Gasteiger partial charge in [-0.15, -0.1) is 0 Å². The zero-order chi connectivity index (χ0) is 21.3. The third-order valence-electron chi connectivity index (χ3n) is 5.44. The molecule has 7 heteroatoms. The van der Waals surface area contributed by atoms with Crippen LogP contribution in [-0.4, -0.2) is 46.0 Å². The van der Waals surface area contributed by atoms with E-state index < -0.39 is 24.8 Å². The van der Waals surface area contributed by atoms with Gasteiger partial charge in [0.05, 0.1) is 30.8 Å². The Morgan fingerprint density at radius 1 is 1.07 bits per heavy atom. The van der Waals surface area contributed by atoms with E-state index in [0.717, 1.165) is 22.3 Å². The topological polar surface area (TPSA) is 113 Å². The van der Waals surface area contributed by atoms with Gasteiger partial charge in [-0.3, -0.25) is 9.68 Å². The van der Waals surface area contributed by atoms with E-state index in [1.54, 1.807) is 36.4 Å². The van der Waals surface area contributed by atoms with Crippen molar-refractivity contribution in [1.82, 2.24) is 0 Å². The molecule has 3 N–H and O–H groups in total. The van der Waals surface area contributed by atoms with Gasteiger partial charge in [-0.1, -0.05) is 30.4 Å². The lowest BCUT2D eigenvalue weighted by Gasteiger charge is -2.35. The van der Waals surface area contributed by atoms with Crippen molar-refractivity contribution in [2.24, 2.45) is 0 Å². The van der Waals surface area contributed by atoms with Crippen LogP contribution in [0.1, 0.15) is 44.7 Å². The molecule has 0 unspecified atom stereocenters. The molecule has 2 aliphatic rings. The number of aliphatic hydroxyl groups is 2. The van der Waals surface area contributed by atoms with E-state index in [1.165, 1.54) is 0 Å². The van der Waals surface area contributed by atoms with Crippen LogP contribution in [0.25, 0.3) is 11.1 Å². The number of rotatable bonds is 5. The lowest BCUT2D eigenvalue weighted by molar-refractivity contribution is -0.182. The summed E-state index contributed by atoms with van der Waals surface area (Å²) in [6.45, 7) is -0.882. The fourth-order valence-corrected chi connectivity index (χ4v) is 3.70. The molecular weight excluding hydrogens is 388 g/mol. The van der Waals surface area contributed by atoms with Gasteiger partial charge in [0.15, 0.2) is 11.4 Å². The maximum absolute atomic E-state index is 12.6. The average Bonchev–Trinajstić information content (AvgIpc) is 3.28. The number of Topliss-reactive ketones (excluding diaryl/α,β-unsaturated/α-hetero) is 1. The highest BCUT2D eigenvalue weighted by atomic mass is 17.1. The Kier molecular flexibility index (Phi) is 5.26. The predicted octanol–water partition coefficient (Wildman–Crippen LogP) is 2.88. The highest BCUT2D eigenvalue weighted by molar-refractivity contribution is 6.01. The number of ketones is 1. The predicted molar refractivity (Wildman–Crippen MR) is 108 cm³/mol. The van der Waals surface area contributed by atoms with Gasteiger partial charge in [0.1, 0.15) is 5.75 Å². The number of fused-ring (bicyclic) bond motifs is 1. The largest absolute Gasteiger partial charge is 0.481 e. The van der Waals surface area contributed by atoms with Gasteiger partial charge < -0.3 is 14.9 Å². The Labute approximate surface area is 172 Å². The molecule has 4 rings (SSSR count). The van der Waals surface area contributed by atoms with Gasteiger partial charge in [-0.2, -0.15) is 5.26 Å². The molecule has 0 atom stereocenters. The van der Waals surface area contributed by atoms with Crippen molar-refractivity contribution in [3.63, 3.8) is 0 Å². The molecule has 0 bridgehead atoms. The van der Waals surface area contributed by atoms with Gasteiger partial charge in [-0.25, -0.2) is 4.79 Å². The first-order chi connectivity index (χ1) is 14.5. The third-order valence-corrected chi connectivity index (χ3v) is 5.44. The Morgan fingerprint density at radius 2 is 1.77 bits per heavy atom. The molecule has 1 heterocycles. The summed E-state index contributed by atoms with van der Waals surface area (Å²) in [6.07, 6.45) is 4.67. The number of aliphatic hydroxyl groups excluding tert-OH is 2. The first-order valence-electron chi connectivity index (χ1n) is 9.44. The Bertz CT molecular complexity index is 1060. The van der Waals surface area contributed by atoms with Crippen LogP contribution in [0.2, 0.25) is 0 Å². The van der Waals surface area contributed by atoms with Gasteiger partial charge in [-0.05, 0) is 53.0 Å². The first kappa shape index (κ1) is 20.0. The molecule has 30 heavy (non-hydrogen) atoms. The molecule has 0 radical (unpaired) electrons. The molecule has 1 aliphatic heterocycles. The van der Waals surface area contributed by atoms with E-state index in [2.05, 4.69) is 11.0 Å². The second-order valence-electron chi connectivity index (χ2n) is 7.40. The minimum Gasteiger partial charge on any atom is -0.481 e. The lowest BCUT2D eigenvalue weighted by Crippen LogP contribution is -2.48. The lowest BCUT2D eigenvalue weighted by atomic mass is 9.89. The molecule has 0 saturated carbocycles. The van der Waals surface area contributed by atoms with Gasteiger partial charge in [0.25, 0.3) is 0 Å². The molecule has 0 fully saturated rings. The summed E-state index contributed by atoms with van der Waals surface area (Å²) in [5.74, 6) is -0.638. The smallest absolute Gasteiger partial charge is 0.372 e. The number of benzene rings is 2. The van der Waals surface area contributed by atoms with Crippen molar-refractivity contribution in [1.29, 1.82) is 0 Å². The standard InChI is InChI=1S/C23H20O7/c24-12-23(13-25)11-20(26)19-10-18(7-8-21(19)29-23)17-6-5-16(9-17)14-1-3-15(4-2-14)22(27)30-28/h1-5,7-10,24-25,28H,6,11-13H2. The highest BCUT2D eigenvalue weighted by Crippen LogP contribution is 2.38. The molecule has 1 aliphatic carbocycles. The zero-order valence-electron chi connectivity index (χ0n) is 16.0. The monoisotopic (exact) mass is 408 g/mol. The molecule has 0 amide bonds. The first-order valence-corrected chi connectivity index (χ1v) is 9.44. The number of hydrogen-bond acceptors (Lipinski definition) is 7. The van der Waals surface area contributed by atoms with E-state index in [9.17, 15) is 19.8 Å². The molecule has 7 nitrogen and oxygen atoms in total. The van der Waals surface area contributed by atoms with Crippen LogP contribution in [-0.2, 0) is 4.89 Å². The SMILES string of the molecule is O=C(OO)c1ccc(C2=CCC(c3ccc4c(c3)C(=O)CC(CO)(CO)O4)=C2)cc1. The summed E-state index contributed by atoms with van der Waals surface area (Å²) in [5, 5.41) is 27.5. The van der Waals surface area contributed by atoms with Crippen LogP contribution >= 0.6 is 0 Å². The molecule has 154 valence electrons. The van der Waals surface area contributed by atoms with Gasteiger partial charge in [0.2, 0.25) is 0 Å². The fraction of sp³-hybridized carbons (Fsp3) is 0.217. The number of ether oxygens (including phenoxy) is 1. The zero-order valence-corrected chi connectivity index (χ0v) is 16.0. The molecule has 0 spiro atoms. The quantitative estimate of drug-likeness (QED) is 0.515. The van der Waals surface area contributed by atoms with Crippen molar-refractivity contribution < 1.29 is 34.7 Å². The molecule has 2 aromatic rings. The molecular formula is C23H20O7. The number of carbonyl (C=O) groups excluding carboxylic acids is 2. The maximum atomic E-state index is 12.6. The van der Waals surface area contributed by atoms with Crippen molar-refractivity contribution in [2.45, 2.75) is 18.4 Å². The number of allylic oxidation sites excluding steroid dienone is 4. The second-order valence-corrected chi connectivity index (χ2v) is 7.40. The average molecular weight is 408 g/mol. The van der Waals surface area contributed by atoms with Gasteiger partial charge >= 0.3 is 5.97 Å². The Balaban J connectivity index is 1.57. The summed E-state index contributed by atoms with van der Waals surface area (Å²) < 4.78 is 5.73. The van der Waals surface area contributed by atoms with Crippen molar-refractivity contribution in [3.8, 4) is 5.75 Å². The maximum Gasteiger partial charge on any atom is 0.372 e. The van der Waals surface area contributed by atoms with Gasteiger partial charge in [0, 0.05) is 0 Å². The molecule has 2 aromatic carbocycles. The second kappa shape index (κ2) is 7.87. The Hall–Kier alpha value is -3.26. The summed E-state index contributed by atoms with van der Waals surface area (Å²) in [6, 6.07) is 12.0.